The molecule has 1 heterocycles. The first kappa shape index (κ1) is 17.9. The van der Waals surface area contributed by atoms with Gasteiger partial charge < -0.3 is 9.73 Å². The van der Waals surface area contributed by atoms with E-state index in [4.69, 9.17) is 4.42 Å². The van der Waals surface area contributed by atoms with Crippen molar-refractivity contribution in [2.75, 3.05) is 6.54 Å². The Morgan fingerprint density at radius 2 is 1.77 bits per heavy atom. The number of rotatable bonds is 8. The molecule has 4 nitrogen and oxygen atoms in total. The van der Waals surface area contributed by atoms with Crippen LogP contribution in [0.15, 0.2) is 71.3 Å². The van der Waals surface area contributed by atoms with Crippen molar-refractivity contribution in [3.8, 4) is 11.3 Å². The van der Waals surface area contributed by atoms with Crippen molar-refractivity contribution >= 4 is 5.91 Å². The number of hydrogen-bond acceptors (Lipinski definition) is 3. The molecule has 0 bridgehead atoms. The molecule has 2 aromatic carbocycles. The molecular formula is C22H24N2O2. The molecule has 0 radical (unpaired) electrons. The molecule has 1 aromatic heterocycles. The standard InChI is InChI=1S/C22H24N2O2/c1-2-17(18-9-5-3-6-10-18)15-23-21(25)13-14-22-24-16-20(26-22)19-11-7-4-8-12-19/h3-12,16-17H,2,13-15H2,1H3,(H,23,25). The predicted octanol–water partition coefficient (Wildman–Crippen LogP) is 4.58. The van der Waals surface area contributed by atoms with Crippen molar-refractivity contribution in [3.05, 3.63) is 78.3 Å². The zero-order valence-electron chi connectivity index (χ0n) is 15.0. The Morgan fingerprint density at radius 1 is 1.08 bits per heavy atom. The van der Waals surface area contributed by atoms with E-state index in [0.29, 0.717) is 31.2 Å². The van der Waals surface area contributed by atoms with Crippen LogP contribution < -0.4 is 5.32 Å². The number of benzene rings is 2. The summed E-state index contributed by atoms with van der Waals surface area (Å²) in [6.07, 6.45) is 3.58. The molecule has 1 N–H and O–H groups in total. The summed E-state index contributed by atoms with van der Waals surface area (Å²) in [6, 6.07) is 20.1. The van der Waals surface area contributed by atoms with Crippen LogP contribution in [-0.4, -0.2) is 17.4 Å². The first-order valence-electron chi connectivity index (χ1n) is 9.08. The van der Waals surface area contributed by atoms with Gasteiger partial charge in [-0.25, -0.2) is 4.98 Å². The van der Waals surface area contributed by atoms with Crippen molar-refractivity contribution in [1.29, 1.82) is 0 Å². The van der Waals surface area contributed by atoms with E-state index in [1.807, 2.05) is 48.5 Å². The van der Waals surface area contributed by atoms with E-state index in [9.17, 15) is 4.79 Å². The van der Waals surface area contributed by atoms with Crippen LogP contribution in [-0.2, 0) is 11.2 Å². The lowest BCUT2D eigenvalue weighted by atomic mass is 9.96. The number of oxazole rings is 1. The minimum Gasteiger partial charge on any atom is -0.441 e. The van der Waals surface area contributed by atoms with Crippen molar-refractivity contribution < 1.29 is 9.21 Å². The predicted molar refractivity (Wildman–Crippen MR) is 103 cm³/mol. The molecule has 0 fully saturated rings. The highest BCUT2D eigenvalue weighted by Gasteiger charge is 2.12. The number of carbonyl (C=O) groups is 1. The average molecular weight is 348 g/mol. The summed E-state index contributed by atoms with van der Waals surface area (Å²) in [5, 5.41) is 3.03. The number of hydrogen-bond donors (Lipinski definition) is 1. The van der Waals surface area contributed by atoms with E-state index in [2.05, 4.69) is 29.4 Å². The van der Waals surface area contributed by atoms with Gasteiger partial charge in [-0.3, -0.25) is 4.79 Å². The highest BCUT2D eigenvalue weighted by atomic mass is 16.4. The fourth-order valence-electron chi connectivity index (χ4n) is 2.93. The lowest BCUT2D eigenvalue weighted by Gasteiger charge is -2.16. The first-order valence-corrected chi connectivity index (χ1v) is 9.08. The average Bonchev–Trinajstić information content (AvgIpc) is 3.17. The molecule has 3 aromatic rings. The molecule has 26 heavy (non-hydrogen) atoms. The van der Waals surface area contributed by atoms with E-state index >= 15 is 0 Å². The smallest absolute Gasteiger partial charge is 0.220 e. The number of carbonyl (C=O) groups excluding carboxylic acids is 1. The molecule has 1 amide bonds. The lowest BCUT2D eigenvalue weighted by Crippen LogP contribution is -2.28. The molecule has 0 spiro atoms. The third-order valence-corrected chi connectivity index (χ3v) is 4.49. The molecule has 4 heteroatoms. The number of nitrogens with zero attached hydrogens (tertiary/aromatic N) is 1. The van der Waals surface area contributed by atoms with E-state index in [0.717, 1.165) is 17.7 Å². The number of aromatic nitrogens is 1. The van der Waals surface area contributed by atoms with Crippen molar-refractivity contribution in [2.45, 2.75) is 32.1 Å². The Bertz CT molecular complexity index is 812. The summed E-state index contributed by atoms with van der Waals surface area (Å²) >= 11 is 0. The topological polar surface area (TPSA) is 55.1 Å². The molecule has 0 saturated heterocycles. The summed E-state index contributed by atoms with van der Waals surface area (Å²) in [5.41, 5.74) is 2.25. The Labute approximate surface area is 154 Å². The van der Waals surface area contributed by atoms with Gasteiger partial charge in [0.05, 0.1) is 6.20 Å². The van der Waals surface area contributed by atoms with Crippen LogP contribution in [0.5, 0.6) is 0 Å². The van der Waals surface area contributed by atoms with E-state index in [-0.39, 0.29) is 5.91 Å². The highest BCUT2D eigenvalue weighted by Crippen LogP contribution is 2.20. The van der Waals surface area contributed by atoms with Crippen molar-refractivity contribution in [3.63, 3.8) is 0 Å². The molecule has 1 atom stereocenters. The molecule has 0 aliphatic heterocycles. The minimum absolute atomic E-state index is 0.0267. The summed E-state index contributed by atoms with van der Waals surface area (Å²) < 4.78 is 5.75. The summed E-state index contributed by atoms with van der Waals surface area (Å²) in [4.78, 5) is 16.4. The molecule has 0 saturated carbocycles. The van der Waals surface area contributed by atoms with Crippen LogP contribution in [0.3, 0.4) is 0 Å². The zero-order chi connectivity index (χ0) is 18.2. The second-order valence-electron chi connectivity index (χ2n) is 6.30. The van der Waals surface area contributed by atoms with E-state index < -0.39 is 0 Å². The SMILES string of the molecule is CCC(CNC(=O)CCc1ncc(-c2ccccc2)o1)c1ccccc1. The monoisotopic (exact) mass is 348 g/mol. The maximum atomic E-state index is 12.2. The van der Waals surface area contributed by atoms with Gasteiger partial charge in [-0.15, -0.1) is 0 Å². The second-order valence-corrected chi connectivity index (χ2v) is 6.30. The van der Waals surface area contributed by atoms with Crippen LogP contribution >= 0.6 is 0 Å². The Morgan fingerprint density at radius 3 is 2.46 bits per heavy atom. The van der Waals surface area contributed by atoms with Gasteiger partial charge in [-0.05, 0) is 12.0 Å². The van der Waals surface area contributed by atoms with Crippen molar-refractivity contribution in [2.24, 2.45) is 0 Å². The van der Waals surface area contributed by atoms with Gasteiger partial charge in [-0.1, -0.05) is 67.6 Å². The number of aryl methyl sites for hydroxylation is 1. The van der Waals surface area contributed by atoms with Gasteiger partial charge in [0.2, 0.25) is 5.91 Å². The fraction of sp³-hybridized carbons (Fsp3) is 0.273. The second kappa shape index (κ2) is 8.99. The Hall–Kier alpha value is -2.88. The Balaban J connectivity index is 1.48. The van der Waals surface area contributed by atoms with Crippen LogP contribution in [0.1, 0.15) is 37.1 Å². The van der Waals surface area contributed by atoms with Crippen LogP contribution in [0.4, 0.5) is 0 Å². The third kappa shape index (κ3) is 4.82. The Kier molecular flexibility index (Phi) is 6.20. The molecule has 3 rings (SSSR count). The molecular weight excluding hydrogens is 324 g/mol. The van der Waals surface area contributed by atoms with E-state index in [1.165, 1.54) is 5.56 Å². The van der Waals surface area contributed by atoms with Gasteiger partial charge in [0.25, 0.3) is 0 Å². The molecule has 134 valence electrons. The molecule has 1 unspecified atom stereocenters. The van der Waals surface area contributed by atoms with Gasteiger partial charge >= 0.3 is 0 Å². The maximum Gasteiger partial charge on any atom is 0.220 e. The third-order valence-electron chi connectivity index (χ3n) is 4.49. The summed E-state index contributed by atoms with van der Waals surface area (Å²) in [5.74, 6) is 1.69. The summed E-state index contributed by atoms with van der Waals surface area (Å²) in [6.45, 7) is 2.79. The van der Waals surface area contributed by atoms with Crippen molar-refractivity contribution in [1.82, 2.24) is 10.3 Å². The highest BCUT2D eigenvalue weighted by molar-refractivity contribution is 5.76. The van der Waals surface area contributed by atoms with Crippen LogP contribution in [0, 0.1) is 0 Å². The molecule has 0 aliphatic rings. The van der Waals surface area contributed by atoms with Crippen LogP contribution in [0.25, 0.3) is 11.3 Å². The summed E-state index contributed by atoms with van der Waals surface area (Å²) in [7, 11) is 0. The normalized spacial score (nSPS) is 11.9. The minimum atomic E-state index is 0.0267. The maximum absolute atomic E-state index is 12.2. The first-order chi connectivity index (χ1) is 12.8. The van der Waals surface area contributed by atoms with Crippen LogP contribution in [0.2, 0.25) is 0 Å². The fourth-order valence-corrected chi connectivity index (χ4v) is 2.93. The zero-order valence-corrected chi connectivity index (χ0v) is 15.0. The lowest BCUT2D eigenvalue weighted by molar-refractivity contribution is -0.121. The van der Waals surface area contributed by atoms with Gasteiger partial charge in [0.15, 0.2) is 11.7 Å². The number of amides is 1. The quantitative estimate of drug-likeness (QED) is 0.648. The molecule has 0 aliphatic carbocycles. The van der Waals surface area contributed by atoms with Gasteiger partial charge in [0.1, 0.15) is 0 Å². The number of nitrogens with one attached hydrogen (secondary N) is 1. The van der Waals surface area contributed by atoms with Gasteiger partial charge in [-0.2, -0.15) is 0 Å². The van der Waals surface area contributed by atoms with E-state index in [1.54, 1.807) is 6.20 Å². The van der Waals surface area contributed by atoms with Gasteiger partial charge in [0, 0.05) is 30.9 Å². The largest absolute Gasteiger partial charge is 0.441 e.